The lowest BCUT2D eigenvalue weighted by Gasteiger charge is -2.19. The average Bonchev–Trinajstić information content (AvgIpc) is 2.15. The molecule has 0 saturated heterocycles. The van der Waals surface area contributed by atoms with Gasteiger partial charge in [0.1, 0.15) is 23.0 Å². The quantitative estimate of drug-likeness (QED) is 0.767. The van der Waals surface area contributed by atoms with Gasteiger partial charge in [-0.15, -0.1) is 0 Å². The van der Waals surface area contributed by atoms with Gasteiger partial charge in [0.05, 0.1) is 6.61 Å². The van der Waals surface area contributed by atoms with E-state index in [-0.39, 0.29) is 0 Å². The summed E-state index contributed by atoms with van der Waals surface area (Å²) in [4.78, 5) is 0. The van der Waals surface area contributed by atoms with E-state index in [0.717, 1.165) is 6.61 Å². The third-order valence-corrected chi connectivity index (χ3v) is 2.63. The van der Waals surface area contributed by atoms with Crippen molar-refractivity contribution in [3.63, 3.8) is 0 Å². The summed E-state index contributed by atoms with van der Waals surface area (Å²) in [6, 6.07) is 10.5. The minimum absolute atomic E-state index is 0.512. The Morgan fingerprint density at radius 3 is 2.31 bits per heavy atom. The molecule has 0 bridgehead atoms. The normalized spacial score (nSPS) is 13.2. The molecule has 2 heteroatoms. The van der Waals surface area contributed by atoms with Crippen LogP contribution in [0.3, 0.4) is 0 Å². The fourth-order valence-electron chi connectivity index (χ4n) is 1.44. The number of hydrogen-bond acceptors (Lipinski definition) is 1. The molecule has 0 radical (unpaired) electrons. The zero-order chi connectivity index (χ0) is 9.68. The monoisotopic (exact) mass is 290 g/mol. The van der Waals surface area contributed by atoms with E-state index in [0.29, 0.717) is 11.8 Å². The van der Waals surface area contributed by atoms with Crippen LogP contribution in [0.5, 0.6) is 0 Å². The van der Waals surface area contributed by atoms with Crippen LogP contribution in [-0.4, -0.2) is 6.61 Å². The predicted molar refractivity (Wildman–Crippen MR) is 64.0 cm³/mol. The van der Waals surface area contributed by atoms with Gasteiger partial charge in [-0.25, -0.2) is 0 Å². The van der Waals surface area contributed by atoms with Gasteiger partial charge < -0.3 is 3.07 Å². The van der Waals surface area contributed by atoms with E-state index in [1.165, 1.54) is 5.56 Å². The number of benzene rings is 1. The van der Waals surface area contributed by atoms with Gasteiger partial charge in [-0.05, 0) is 11.5 Å². The van der Waals surface area contributed by atoms with Gasteiger partial charge in [0, 0.05) is 5.92 Å². The summed E-state index contributed by atoms with van der Waals surface area (Å²) in [6.45, 7) is 5.25. The van der Waals surface area contributed by atoms with Gasteiger partial charge >= 0.3 is 0 Å². The standard InChI is InChI=1S/C11H15IO/c1-9(2)11(8-13-12)10-6-4-3-5-7-10/h3-7,9,11H,8H2,1-2H3. The molecule has 0 amide bonds. The Labute approximate surface area is 94.2 Å². The Morgan fingerprint density at radius 2 is 1.85 bits per heavy atom. The molecule has 0 heterocycles. The third-order valence-electron chi connectivity index (χ3n) is 2.28. The van der Waals surface area contributed by atoms with E-state index >= 15 is 0 Å². The molecule has 0 saturated carbocycles. The maximum Gasteiger partial charge on any atom is 0.109 e. The number of rotatable bonds is 4. The van der Waals surface area contributed by atoms with Crippen molar-refractivity contribution in [3.05, 3.63) is 35.9 Å². The highest BCUT2D eigenvalue weighted by Gasteiger charge is 2.14. The average molecular weight is 290 g/mol. The summed E-state index contributed by atoms with van der Waals surface area (Å²) < 4.78 is 5.19. The topological polar surface area (TPSA) is 9.23 Å². The second-order valence-electron chi connectivity index (χ2n) is 3.54. The smallest absolute Gasteiger partial charge is 0.109 e. The van der Waals surface area contributed by atoms with Crippen molar-refractivity contribution >= 4 is 23.0 Å². The Morgan fingerprint density at radius 1 is 1.23 bits per heavy atom. The Bertz CT molecular complexity index is 233. The molecule has 72 valence electrons. The first-order chi connectivity index (χ1) is 6.25. The van der Waals surface area contributed by atoms with Crippen molar-refractivity contribution in [3.8, 4) is 0 Å². The first-order valence-electron chi connectivity index (χ1n) is 4.54. The van der Waals surface area contributed by atoms with Crippen LogP contribution in [-0.2, 0) is 3.07 Å². The number of halogens is 1. The lowest BCUT2D eigenvalue weighted by molar-refractivity contribution is 0.329. The van der Waals surface area contributed by atoms with Crippen LogP contribution < -0.4 is 0 Å². The summed E-state index contributed by atoms with van der Waals surface area (Å²) in [5.41, 5.74) is 1.37. The molecule has 0 N–H and O–H groups in total. The molecule has 1 aromatic carbocycles. The van der Waals surface area contributed by atoms with Gasteiger partial charge in [0.2, 0.25) is 0 Å². The molecule has 1 aromatic rings. The molecule has 1 atom stereocenters. The second kappa shape index (κ2) is 5.60. The van der Waals surface area contributed by atoms with Crippen molar-refractivity contribution in [1.82, 2.24) is 0 Å². The SMILES string of the molecule is CC(C)C(COI)c1ccccc1. The highest BCUT2D eigenvalue weighted by Crippen LogP contribution is 2.24. The minimum atomic E-state index is 0.512. The van der Waals surface area contributed by atoms with Crippen LogP contribution in [0.25, 0.3) is 0 Å². The van der Waals surface area contributed by atoms with E-state index < -0.39 is 0 Å². The molecule has 0 fully saturated rings. The largest absolute Gasteiger partial charge is 0.315 e. The van der Waals surface area contributed by atoms with Gasteiger partial charge in [-0.1, -0.05) is 44.2 Å². The van der Waals surface area contributed by atoms with Crippen molar-refractivity contribution in [2.24, 2.45) is 5.92 Å². The molecule has 13 heavy (non-hydrogen) atoms. The summed E-state index contributed by atoms with van der Waals surface area (Å²) in [5.74, 6) is 1.13. The molecule has 0 aliphatic heterocycles. The van der Waals surface area contributed by atoms with E-state index in [4.69, 9.17) is 3.07 Å². The van der Waals surface area contributed by atoms with Crippen LogP contribution >= 0.6 is 23.0 Å². The van der Waals surface area contributed by atoms with Gasteiger partial charge in [0.15, 0.2) is 0 Å². The first-order valence-corrected chi connectivity index (χ1v) is 5.42. The molecule has 1 rings (SSSR count). The fourth-order valence-corrected chi connectivity index (χ4v) is 1.83. The predicted octanol–water partition coefficient (Wildman–Crippen LogP) is 3.79. The second-order valence-corrected chi connectivity index (χ2v) is 4.16. The van der Waals surface area contributed by atoms with Crippen LogP contribution in [0.2, 0.25) is 0 Å². The van der Waals surface area contributed by atoms with Crippen LogP contribution in [0, 0.1) is 5.92 Å². The molecule has 0 spiro atoms. The summed E-state index contributed by atoms with van der Waals surface area (Å²) >= 11 is 1.96. The van der Waals surface area contributed by atoms with Crippen LogP contribution in [0.1, 0.15) is 25.3 Å². The van der Waals surface area contributed by atoms with Crippen molar-refractivity contribution in [2.45, 2.75) is 19.8 Å². The number of hydrogen-bond donors (Lipinski definition) is 0. The Hall–Kier alpha value is -0.0900. The lowest BCUT2D eigenvalue weighted by Crippen LogP contribution is -2.11. The first kappa shape index (κ1) is 11.0. The van der Waals surface area contributed by atoms with Gasteiger partial charge in [0.25, 0.3) is 0 Å². The Kier molecular flexibility index (Phi) is 4.73. The molecular weight excluding hydrogens is 275 g/mol. The third kappa shape index (κ3) is 3.27. The fraction of sp³-hybridized carbons (Fsp3) is 0.455. The van der Waals surface area contributed by atoms with Gasteiger partial charge in [-0.3, -0.25) is 0 Å². The maximum atomic E-state index is 5.19. The summed E-state index contributed by atoms with van der Waals surface area (Å²) in [6.07, 6.45) is 0. The van der Waals surface area contributed by atoms with Crippen molar-refractivity contribution in [2.75, 3.05) is 6.61 Å². The maximum absolute atomic E-state index is 5.19. The van der Waals surface area contributed by atoms with Crippen molar-refractivity contribution < 1.29 is 3.07 Å². The summed E-state index contributed by atoms with van der Waals surface area (Å²) in [7, 11) is 0. The minimum Gasteiger partial charge on any atom is -0.315 e. The van der Waals surface area contributed by atoms with Crippen LogP contribution in [0.4, 0.5) is 0 Å². The molecular formula is C11H15IO. The lowest BCUT2D eigenvalue weighted by atomic mass is 9.89. The highest BCUT2D eigenvalue weighted by molar-refractivity contribution is 14.1. The van der Waals surface area contributed by atoms with Crippen molar-refractivity contribution in [1.29, 1.82) is 0 Å². The summed E-state index contributed by atoms with van der Waals surface area (Å²) in [5, 5.41) is 0. The zero-order valence-corrected chi connectivity index (χ0v) is 10.2. The molecule has 0 aromatic heterocycles. The van der Waals surface area contributed by atoms with E-state index in [1.807, 2.05) is 29.1 Å². The van der Waals surface area contributed by atoms with Crippen LogP contribution in [0.15, 0.2) is 30.3 Å². The highest BCUT2D eigenvalue weighted by atomic mass is 127. The molecule has 0 aliphatic carbocycles. The Balaban J connectivity index is 2.76. The molecule has 1 nitrogen and oxygen atoms in total. The van der Waals surface area contributed by atoms with E-state index in [2.05, 4.69) is 38.1 Å². The molecule has 1 unspecified atom stereocenters. The van der Waals surface area contributed by atoms with E-state index in [9.17, 15) is 0 Å². The van der Waals surface area contributed by atoms with Gasteiger partial charge in [-0.2, -0.15) is 0 Å². The van der Waals surface area contributed by atoms with E-state index in [1.54, 1.807) is 0 Å². The zero-order valence-electron chi connectivity index (χ0n) is 8.03. The molecule has 0 aliphatic rings.